The van der Waals surface area contributed by atoms with Crippen LogP contribution in [-0.4, -0.2) is 24.7 Å². The van der Waals surface area contributed by atoms with Crippen LogP contribution in [0.5, 0.6) is 0 Å². The molecule has 0 aliphatic rings. The van der Waals surface area contributed by atoms with Gasteiger partial charge in [-0.2, -0.15) is 10.2 Å². The van der Waals surface area contributed by atoms with Crippen LogP contribution in [0.1, 0.15) is 48.6 Å². The fourth-order valence-corrected chi connectivity index (χ4v) is 2.35. The van der Waals surface area contributed by atoms with Crippen molar-refractivity contribution in [3.05, 3.63) is 34.9 Å². The van der Waals surface area contributed by atoms with Crippen LogP contribution < -0.4 is 0 Å². The molecular weight excluding hydrogens is 240 g/mol. The number of aromatic nitrogens is 4. The molecule has 2 aromatic rings. The molecule has 5 nitrogen and oxygen atoms in total. The minimum absolute atomic E-state index is 0.341. The van der Waals surface area contributed by atoms with Gasteiger partial charge in [0.15, 0.2) is 0 Å². The van der Waals surface area contributed by atoms with E-state index in [-0.39, 0.29) is 0 Å². The van der Waals surface area contributed by atoms with E-state index in [1.807, 2.05) is 37.8 Å². The Morgan fingerprint density at radius 2 is 1.95 bits per heavy atom. The predicted octanol–water partition coefficient (Wildman–Crippen LogP) is 2.09. The van der Waals surface area contributed by atoms with Crippen molar-refractivity contribution < 1.29 is 5.11 Å². The normalized spacial score (nSPS) is 13.2. The van der Waals surface area contributed by atoms with Gasteiger partial charge in [-0.25, -0.2) is 0 Å². The summed E-state index contributed by atoms with van der Waals surface area (Å²) in [5.74, 6) is 0. The van der Waals surface area contributed by atoms with Crippen LogP contribution in [0.15, 0.2) is 12.3 Å². The number of aliphatic hydroxyl groups is 1. The molecular formula is C14H22N4O. The van der Waals surface area contributed by atoms with Gasteiger partial charge in [-0.1, -0.05) is 0 Å². The van der Waals surface area contributed by atoms with Crippen molar-refractivity contribution >= 4 is 0 Å². The molecule has 0 radical (unpaired) electrons. The van der Waals surface area contributed by atoms with Gasteiger partial charge in [0.2, 0.25) is 0 Å². The fraction of sp³-hybridized carbons (Fsp3) is 0.571. The van der Waals surface area contributed by atoms with Crippen molar-refractivity contribution in [1.82, 2.24) is 19.6 Å². The van der Waals surface area contributed by atoms with Crippen LogP contribution in [0.2, 0.25) is 0 Å². The summed E-state index contributed by atoms with van der Waals surface area (Å²) < 4.78 is 3.71. The third kappa shape index (κ3) is 2.71. The van der Waals surface area contributed by atoms with E-state index in [0.29, 0.717) is 12.5 Å². The average Bonchev–Trinajstić information content (AvgIpc) is 2.85. The van der Waals surface area contributed by atoms with Crippen LogP contribution in [-0.2, 0) is 13.5 Å². The summed E-state index contributed by atoms with van der Waals surface area (Å²) >= 11 is 0. The topological polar surface area (TPSA) is 55.9 Å². The molecule has 2 rings (SSSR count). The Bertz CT molecular complexity index is 568. The Balaban J connectivity index is 2.18. The van der Waals surface area contributed by atoms with Crippen molar-refractivity contribution in [3.8, 4) is 0 Å². The highest BCUT2D eigenvalue weighted by atomic mass is 16.3. The second kappa shape index (κ2) is 5.17. The molecule has 0 saturated heterocycles. The predicted molar refractivity (Wildman–Crippen MR) is 74.0 cm³/mol. The molecule has 1 N–H and O–H groups in total. The Kier molecular flexibility index (Phi) is 3.75. The van der Waals surface area contributed by atoms with E-state index in [1.54, 1.807) is 4.68 Å². The Morgan fingerprint density at radius 3 is 2.42 bits per heavy atom. The summed E-state index contributed by atoms with van der Waals surface area (Å²) in [7, 11) is 1.89. The minimum Gasteiger partial charge on any atom is -0.388 e. The van der Waals surface area contributed by atoms with E-state index < -0.39 is 6.10 Å². The molecule has 0 spiro atoms. The second-order valence-electron chi connectivity index (χ2n) is 5.31. The molecule has 0 aliphatic carbocycles. The molecule has 1 unspecified atom stereocenters. The van der Waals surface area contributed by atoms with Crippen LogP contribution in [0.25, 0.3) is 0 Å². The van der Waals surface area contributed by atoms with Crippen molar-refractivity contribution in [2.24, 2.45) is 7.05 Å². The molecule has 19 heavy (non-hydrogen) atoms. The lowest BCUT2D eigenvalue weighted by Crippen LogP contribution is -2.07. The van der Waals surface area contributed by atoms with Gasteiger partial charge in [0, 0.05) is 37.0 Å². The first-order chi connectivity index (χ1) is 8.90. The van der Waals surface area contributed by atoms with Crippen LogP contribution in [0, 0.1) is 13.8 Å². The van der Waals surface area contributed by atoms with Crippen molar-refractivity contribution in [3.63, 3.8) is 0 Å². The van der Waals surface area contributed by atoms with E-state index in [9.17, 15) is 5.11 Å². The molecule has 0 aliphatic heterocycles. The highest BCUT2D eigenvalue weighted by Gasteiger charge is 2.19. The first kappa shape index (κ1) is 13.8. The summed E-state index contributed by atoms with van der Waals surface area (Å²) in [5, 5.41) is 19.2. The van der Waals surface area contributed by atoms with Gasteiger partial charge in [0.05, 0.1) is 17.5 Å². The molecule has 0 amide bonds. The maximum atomic E-state index is 10.4. The molecule has 0 bridgehead atoms. The lowest BCUT2D eigenvalue weighted by atomic mass is 10.0. The third-order valence-corrected chi connectivity index (χ3v) is 3.49. The highest BCUT2D eigenvalue weighted by Crippen LogP contribution is 2.24. The molecule has 104 valence electrons. The Hall–Kier alpha value is -1.62. The van der Waals surface area contributed by atoms with E-state index in [2.05, 4.69) is 24.0 Å². The highest BCUT2D eigenvalue weighted by molar-refractivity contribution is 5.27. The summed E-state index contributed by atoms with van der Waals surface area (Å²) in [5.41, 5.74) is 3.72. The first-order valence-electron chi connectivity index (χ1n) is 6.62. The second-order valence-corrected chi connectivity index (χ2v) is 5.31. The van der Waals surface area contributed by atoms with Gasteiger partial charge in [-0.05, 0) is 33.8 Å². The number of rotatable bonds is 4. The lowest BCUT2D eigenvalue weighted by molar-refractivity contribution is 0.175. The largest absolute Gasteiger partial charge is 0.388 e. The SMILES string of the molecule is Cc1nn(C)c(C)c1C(O)Cc1ccn(C(C)C)n1. The Morgan fingerprint density at radius 1 is 1.26 bits per heavy atom. The number of aryl methyl sites for hydroxylation is 2. The number of hydrogen-bond acceptors (Lipinski definition) is 3. The zero-order chi connectivity index (χ0) is 14.2. The molecule has 1 atom stereocenters. The van der Waals surface area contributed by atoms with Gasteiger partial charge >= 0.3 is 0 Å². The van der Waals surface area contributed by atoms with E-state index in [4.69, 9.17) is 0 Å². The van der Waals surface area contributed by atoms with Gasteiger partial charge in [-0.15, -0.1) is 0 Å². The zero-order valence-corrected chi connectivity index (χ0v) is 12.3. The summed E-state index contributed by atoms with van der Waals surface area (Å²) in [6.07, 6.45) is 1.92. The lowest BCUT2D eigenvalue weighted by Gasteiger charge is -2.10. The molecule has 0 saturated carbocycles. The first-order valence-corrected chi connectivity index (χ1v) is 6.62. The standard InChI is InChI=1S/C14H22N4O/c1-9(2)18-7-6-12(16-18)8-13(19)14-10(3)15-17(5)11(14)4/h6-7,9,13,19H,8H2,1-5H3. The molecule has 2 aromatic heterocycles. The van der Waals surface area contributed by atoms with E-state index >= 15 is 0 Å². The van der Waals surface area contributed by atoms with Crippen LogP contribution >= 0.6 is 0 Å². The smallest absolute Gasteiger partial charge is 0.0881 e. The third-order valence-electron chi connectivity index (χ3n) is 3.49. The van der Waals surface area contributed by atoms with Crippen molar-refractivity contribution in [2.45, 2.75) is 46.3 Å². The maximum Gasteiger partial charge on any atom is 0.0881 e. The summed E-state index contributed by atoms with van der Waals surface area (Å²) in [4.78, 5) is 0. The van der Waals surface area contributed by atoms with Gasteiger partial charge < -0.3 is 5.11 Å². The maximum absolute atomic E-state index is 10.4. The molecule has 5 heteroatoms. The Labute approximate surface area is 113 Å². The number of hydrogen-bond donors (Lipinski definition) is 1. The van der Waals surface area contributed by atoms with Crippen molar-refractivity contribution in [1.29, 1.82) is 0 Å². The minimum atomic E-state index is -0.552. The monoisotopic (exact) mass is 262 g/mol. The van der Waals surface area contributed by atoms with Gasteiger partial charge in [-0.3, -0.25) is 9.36 Å². The van der Waals surface area contributed by atoms with Gasteiger partial charge in [0.25, 0.3) is 0 Å². The summed E-state index contributed by atoms with van der Waals surface area (Å²) in [6, 6.07) is 2.30. The van der Waals surface area contributed by atoms with Crippen molar-refractivity contribution in [2.75, 3.05) is 0 Å². The molecule has 0 fully saturated rings. The number of nitrogens with zero attached hydrogens (tertiary/aromatic N) is 4. The average molecular weight is 262 g/mol. The summed E-state index contributed by atoms with van der Waals surface area (Å²) in [6.45, 7) is 8.08. The van der Waals surface area contributed by atoms with E-state index in [1.165, 1.54) is 0 Å². The quantitative estimate of drug-likeness (QED) is 0.918. The van der Waals surface area contributed by atoms with Crippen LogP contribution in [0.4, 0.5) is 0 Å². The number of aliphatic hydroxyl groups excluding tert-OH is 1. The fourth-order valence-electron chi connectivity index (χ4n) is 2.35. The van der Waals surface area contributed by atoms with Crippen LogP contribution in [0.3, 0.4) is 0 Å². The zero-order valence-electron chi connectivity index (χ0n) is 12.3. The molecule has 0 aromatic carbocycles. The molecule has 2 heterocycles. The van der Waals surface area contributed by atoms with E-state index in [0.717, 1.165) is 22.6 Å². The van der Waals surface area contributed by atoms with Gasteiger partial charge in [0.1, 0.15) is 0 Å².